The molecule has 432 valence electrons. The number of hydrogen-bond acceptors (Lipinski definition) is 11. The Kier molecular flexibility index (Phi) is 47.4. The Hall–Kier alpha value is -3.58. The maximum Gasteiger partial charge on any atom is 0.335 e. The second-order valence-corrected chi connectivity index (χ2v) is 20.6. The average molecular weight is 1060 g/mol. The van der Waals surface area contributed by atoms with Gasteiger partial charge in [0, 0.05) is 19.3 Å². The molecule has 1 rings (SSSR count). The lowest BCUT2D eigenvalue weighted by atomic mass is 9.98. The summed E-state index contributed by atoms with van der Waals surface area (Å²) in [4.78, 5) is 51.1. The SMILES string of the molecule is CC/C=C\C/C=C\C/C=C\CCCCCCCCCC(=O)OCC(COC1OC(C(=O)O)C(O)C(O)C1OC(=O)CCCCCCCCC/C=C\C/C=C\CCCCC)OC(=O)CCCCCCCCCCCCC. The van der Waals surface area contributed by atoms with E-state index in [-0.39, 0.29) is 25.9 Å². The van der Waals surface area contributed by atoms with E-state index in [9.17, 15) is 34.5 Å². The third-order valence-electron chi connectivity index (χ3n) is 13.6. The van der Waals surface area contributed by atoms with Crippen molar-refractivity contribution in [3.63, 3.8) is 0 Å². The van der Waals surface area contributed by atoms with E-state index in [1.165, 1.54) is 77.0 Å². The second-order valence-electron chi connectivity index (χ2n) is 20.6. The molecule has 1 heterocycles. The van der Waals surface area contributed by atoms with E-state index < -0.39 is 67.3 Å². The molecule has 12 heteroatoms. The molecule has 3 N–H and O–H groups in total. The predicted octanol–water partition coefficient (Wildman–Crippen LogP) is 15.6. The lowest BCUT2D eigenvalue weighted by molar-refractivity contribution is -0.301. The number of hydrogen-bond donors (Lipinski definition) is 3. The molecule has 75 heavy (non-hydrogen) atoms. The third-order valence-corrected chi connectivity index (χ3v) is 13.6. The molecular weight excluding hydrogens is 949 g/mol. The van der Waals surface area contributed by atoms with E-state index in [1.807, 2.05) is 0 Å². The van der Waals surface area contributed by atoms with Crippen LogP contribution in [-0.4, -0.2) is 89.2 Å². The standard InChI is InChI=1S/C63H108O12/c1-4-7-10-13-16-19-22-24-26-28-30-32-35-37-40-43-46-49-55(64)71-52-54(73-56(65)50-47-44-41-38-34-21-18-15-12-9-6-3)53-72-63-61(59(68)58(67)60(75-63)62(69)70)74-57(66)51-48-45-42-39-36-33-31-29-27-25-23-20-17-14-11-8-5-2/h7,10,16-17,19-20,24-27,54,58-61,63,67-68H,4-6,8-9,11-15,18,21-23,28-53H2,1-3H3,(H,69,70)/b10-7-,19-16-,20-17-,26-24-,27-25-. The zero-order valence-corrected chi connectivity index (χ0v) is 47.5. The van der Waals surface area contributed by atoms with Crippen LogP contribution in [0.5, 0.6) is 0 Å². The number of rotatable bonds is 51. The summed E-state index contributed by atoms with van der Waals surface area (Å²) in [5, 5.41) is 31.5. The number of carbonyl (C=O) groups excluding carboxylic acids is 3. The Bertz CT molecular complexity index is 1540. The van der Waals surface area contributed by atoms with Gasteiger partial charge in [-0.05, 0) is 83.5 Å². The van der Waals surface area contributed by atoms with Crippen LogP contribution in [0.4, 0.5) is 0 Å². The van der Waals surface area contributed by atoms with Crippen molar-refractivity contribution in [2.75, 3.05) is 13.2 Å². The maximum absolute atomic E-state index is 13.1. The maximum atomic E-state index is 13.1. The lowest BCUT2D eigenvalue weighted by Crippen LogP contribution is -2.61. The van der Waals surface area contributed by atoms with Crippen molar-refractivity contribution in [1.29, 1.82) is 0 Å². The van der Waals surface area contributed by atoms with Gasteiger partial charge in [0.05, 0.1) is 6.61 Å². The summed E-state index contributed by atoms with van der Waals surface area (Å²) in [5.74, 6) is -3.13. The summed E-state index contributed by atoms with van der Waals surface area (Å²) in [7, 11) is 0. The molecule has 0 spiro atoms. The molecule has 0 aromatic heterocycles. The van der Waals surface area contributed by atoms with E-state index in [0.717, 1.165) is 128 Å². The Morgan fingerprint density at radius 1 is 0.453 bits per heavy atom. The fraction of sp³-hybridized carbons (Fsp3) is 0.778. The number of ether oxygens (including phenoxy) is 5. The van der Waals surface area contributed by atoms with Crippen molar-refractivity contribution in [1.82, 2.24) is 0 Å². The molecule has 0 bridgehead atoms. The van der Waals surface area contributed by atoms with Crippen molar-refractivity contribution >= 4 is 23.9 Å². The molecule has 1 aliphatic heterocycles. The average Bonchev–Trinajstić information content (AvgIpc) is 3.39. The summed E-state index contributed by atoms with van der Waals surface area (Å²) in [6, 6.07) is 0. The molecule has 1 saturated heterocycles. The van der Waals surface area contributed by atoms with Gasteiger partial charge >= 0.3 is 23.9 Å². The van der Waals surface area contributed by atoms with Crippen molar-refractivity contribution in [2.24, 2.45) is 0 Å². The summed E-state index contributed by atoms with van der Waals surface area (Å²) in [6.45, 7) is 5.85. The molecule has 6 atom stereocenters. The number of allylic oxidation sites excluding steroid dienone is 10. The number of aliphatic carboxylic acids is 1. The molecular formula is C63H108O12. The molecule has 1 fully saturated rings. The van der Waals surface area contributed by atoms with Crippen molar-refractivity contribution in [3.8, 4) is 0 Å². The van der Waals surface area contributed by atoms with E-state index in [1.54, 1.807) is 0 Å². The molecule has 6 unspecified atom stereocenters. The van der Waals surface area contributed by atoms with Crippen molar-refractivity contribution in [2.45, 2.75) is 302 Å². The van der Waals surface area contributed by atoms with Crippen LogP contribution in [0.1, 0.15) is 265 Å². The monoisotopic (exact) mass is 1060 g/mol. The molecule has 0 aliphatic carbocycles. The number of aliphatic hydroxyl groups excluding tert-OH is 2. The number of esters is 3. The highest BCUT2D eigenvalue weighted by Gasteiger charge is 2.50. The van der Waals surface area contributed by atoms with Gasteiger partial charge in [0.2, 0.25) is 0 Å². The highest BCUT2D eigenvalue weighted by molar-refractivity contribution is 5.74. The molecule has 12 nitrogen and oxygen atoms in total. The van der Waals surface area contributed by atoms with Crippen LogP contribution in [-0.2, 0) is 42.9 Å². The van der Waals surface area contributed by atoms with Gasteiger partial charge in [-0.15, -0.1) is 0 Å². The Morgan fingerprint density at radius 2 is 0.840 bits per heavy atom. The van der Waals surface area contributed by atoms with Crippen LogP contribution in [0, 0.1) is 0 Å². The van der Waals surface area contributed by atoms with Crippen LogP contribution in [0.3, 0.4) is 0 Å². The lowest BCUT2D eigenvalue weighted by Gasteiger charge is -2.40. The second kappa shape index (κ2) is 51.2. The van der Waals surface area contributed by atoms with E-state index in [4.69, 9.17) is 23.7 Å². The van der Waals surface area contributed by atoms with Gasteiger partial charge in [-0.2, -0.15) is 0 Å². The fourth-order valence-electron chi connectivity index (χ4n) is 8.94. The van der Waals surface area contributed by atoms with Gasteiger partial charge in [0.15, 0.2) is 24.6 Å². The van der Waals surface area contributed by atoms with Gasteiger partial charge in [-0.25, -0.2) is 4.79 Å². The van der Waals surface area contributed by atoms with E-state index >= 15 is 0 Å². The highest BCUT2D eigenvalue weighted by Crippen LogP contribution is 2.26. The molecule has 0 aromatic rings. The Morgan fingerprint density at radius 3 is 1.31 bits per heavy atom. The van der Waals surface area contributed by atoms with E-state index in [2.05, 4.69) is 81.5 Å². The van der Waals surface area contributed by atoms with Crippen LogP contribution in [0.2, 0.25) is 0 Å². The molecule has 0 aromatic carbocycles. The largest absolute Gasteiger partial charge is 0.479 e. The number of carbonyl (C=O) groups is 4. The zero-order chi connectivity index (χ0) is 54.7. The zero-order valence-electron chi connectivity index (χ0n) is 47.5. The van der Waals surface area contributed by atoms with Gasteiger partial charge in [-0.1, -0.05) is 223 Å². The molecule has 0 amide bonds. The van der Waals surface area contributed by atoms with Gasteiger partial charge < -0.3 is 39.0 Å². The number of carboxylic acids is 1. The first kappa shape index (κ1) is 69.4. The number of carboxylic acid groups (broad SMARTS) is 1. The van der Waals surface area contributed by atoms with Crippen molar-refractivity contribution in [3.05, 3.63) is 60.8 Å². The predicted molar refractivity (Wildman–Crippen MR) is 303 cm³/mol. The first-order valence-electron chi connectivity index (χ1n) is 30.3. The third kappa shape index (κ3) is 41.2. The summed E-state index contributed by atoms with van der Waals surface area (Å²) < 4.78 is 28.4. The minimum absolute atomic E-state index is 0.0513. The number of aliphatic hydroxyl groups is 2. The van der Waals surface area contributed by atoms with E-state index in [0.29, 0.717) is 19.3 Å². The van der Waals surface area contributed by atoms with Gasteiger partial charge in [-0.3, -0.25) is 14.4 Å². The summed E-state index contributed by atoms with van der Waals surface area (Å²) in [6.07, 6.45) is 50.4. The fourth-order valence-corrected chi connectivity index (χ4v) is 8.94. The van der Waals surface area contributed by atoms with Crippen LogP contribution < -0.4 is 0 Å². The number of unbranched alkanes of at least 4 members (excludes halogenated alkanes) is 27. The summed E-state index contributed by atoms with van der Waals surface area (Å²) in [5.41, 5.74) is 0. The minimum atomic E-state index is -1.91. The van der Waals surface area contributed by atoms with Gasteiger partial charge in [0.1, 0.15) is 18.8 Å². The van der Waals surface area contributed by atoms with Crippen LogP contribution in [0.15, 0.2) is 60.8 Å². The molecule has 0 saturated carbocycles. The minimum Gasteiger partial charge on any atom is -0.479 e. The highest BCUT2D eigenvalue weighted by atomic mass is 16.7. The first-order valence-corrected chi connectivity index (χ1v) is 30.3. The molecule has 0 radical (unpaired) electrons. The smallest absolute Gasteiger partial charge is 0.335 e. The Balaban J connectivity index is 2.66. The van der Waals surface area contributed by atoms with Crippen molar-refractivity contribution < 1.29 is 58.2 Å². The van der Waals surface area contributed by atoms with Gasteiger partial charge in [0.25, 0.3) is 0 Å². The Labute approximate surface area is 456 Å². The normalized spacial score (nSPS) is 18.5. The first-order chi connectivity index (χ1) is 36.6. The quantitative estimate of drug-likeness (QED) is 0.0228. The topological polar surface area (TPSA) is 175 Å². The molecule has 1 aliphatic rings. The summed E-state index contributed by atoms with van der Waals surface area (Å²) >= 11 is 0. The van der Waals surface area contributed by atoms with Crippen LogP contribution >= 0.6 is 0 Å². The van der Waals surface area contributed by atoms with Crippen LogP contribution in [0.25, 0.3) is 0 Å².